The number of hydrogen-bond acceptors (Lipinski definition) is 1. The average molecular weight is 309 g/mol. The van der Waals surface area contributed by atoms with Gasteiger partial charge in [-0.25, -0.2) is 0 Å². The molecular weight excluding hydrogens is 291 g/mol. The third kappa shape index (κ3) is 3.76. The fourth-order valence-corrected chi connectivity index (χ4v) is 2.52. The Balaban J connectivity index is 2.15. The predicted octanol–water partition coefficient (Wildman–Crippen LogP) is 5.39. The Morgan fingerprint density at radius 2 is 1.55 bits per heavy atom. The summed E-state index contributed by atoms with van der Waals surface area (Å²) in [6.07, 6.45) is -0.118. The van der Waals surface area contributed by atoms with E-state index in [9.17, 15) is 5.11 Å². The van der Waals surface area contributed by atoms with Gasteiger partial charge in [-0.1, -0.05) is 61.3 Å². The van der Waals surface area contributed by atoms with E-state index in [0.717, 1.165) is 11.1 Å². The maximum Gasteiger partial charge on any atom is 0.0830 e. The summed E-state index contributed by atoms with van der Waals surface area (Å²) in [5, 5.41) is 11.6. The molecule has 0 aliphatic carbocycles. The Labute approximate surface area is 130 Å². The van der Waals surface area contributed by atoms with Gasteiger partial charge in [0.25, 0.3) is 0 Å². The van der Waals surface area contributed by atoms with Gasteiger partial charge >= 0.3 is 0 Å². The van der Waals surface area contributed by atoms with Crippen LogP contribution in [0.5, 0.6) is 0 Å². The molecule has 0 fully saturated rings. The first-order valence-electron chi connectivity index (χ1n) is 6.69. The van der Waals surface area contributed by atoms with Crippen molar-refractivity contribution in [3.63, 3.8) is 0 Å². The molecule has 0 amide bonds. The molecule has 3 heteroatoms. The molecule has 1 unspecified atom stereocenters. The number of benzene rings is 2. The molecule has 1 nitrogen and oxygen atoms in total. The molecule has 1 atom stereocenters. The molecule has 0 saturated heterocycles. The van der Waals surface area contributed by atoms with Gasteiger partial charge in [0.05, 0.1) is 6.10 Å². The van der Waals surface area contributed by atoms with E-state index in [1.807, 2.05) is 12.1 Å². The number of halogens is 2. The van der Waals surface area contributed by atoms with Gasteiger partial charge in [0.1, 0.15) is 0 Å². The zero-order chi connectivity index (χ0) is 14.7. The zero-order valence-electron chi connectivity index (χ0n) is 11.6. The van der Waals surface area contributed by atoms with Crippen molar-refractivity contribution in [2.24, 2.45) is 0 Å². The summed E-state index contributed by atoms with van der Waals surface area (Å²) in [5.74, 6) is 0.489. The largest absolute Gasteiger partial charge is 0.388 e. The van der Waals surface area contributed by atoms with Crippen molar-refractivity contribution in [2.45, 2.75) is 32.3 Å². The topological polar surface area (TPSA) is 20.2 Å². The zero-order valence-corrected chi connectivity index (χ0v) is 13.1. The summed E-state index contributed by atoms with van der Waals surface area (Å²) in [6, 6.07) is 13.4. The molecule has 106 valence electrons. The molecule has 0 aliphatic rings. The highest BCUT2D eigenvalue weighted by molar-refractivity contribution is 6.33. The van der Waals surface area contributed by atoms with Crippen LogP contribution in [0.3, 0.4) is 0 Å². The highest BCUT2D eigenvalue weighted by atomic mass is 35.5. The second-order valence-electron chi connectivity index (χ2n) is 5.28. The van der Waals surface area contributed by atoms with Gasteiger partial charge in [-0.15, -0.1) is 0 Å². The van der Waals surface area contributed by atoms with Gasteiger partial charge in [-0.2, -0.15) is 0 Å². The first-order valence-corrected chi connectivity index (χ1v) is 7.45. The maximum absolute atomic E-state index is 10.3. The molecule has 0 heterocycles. The van der Waals surface area contributed by atoms with E-state index in [-0.39, 0.29) is 0 Å². The Morgan fingerprint density at radius 3 is 2.15 bits per heavy atom. The maximum atomic E-state index is 10.3. The second kappa shape index (κ2) is 6.62. The van der Waals surface area contributed by atoms with Crippen molar-refractivity contribution in [1.82, 2.24) is 0 Å². The van der Waals surface area contributed by atoms with Crippen molar-refractivity contribution < 1.29 is 5.11 Å². The van der Waals surface area contributed by atoms with E-state index in [2.05, 4.69) is 26.0 Å². The van der Waals surface area contributed by atoms with E-state index in [1.165, 1.54) is 5.56 Å². The molecule has 0 spiro atoms. The lowest BCUT2D eigenvalue weighted by Crippen LogP contribution is -2.02. The molecule has 0 aromatic heterocycles. The minimum Gasteiger partial charge on any atom is -0.388 e. The normalized spacial score (nSPS) is 12.7. The van der Waals surface area contributed by atoms with E-state index in [0.29, 0.717) is 22.4 Å². The molecule has 2 aromatic carbocycles. The van der Waals surface area contributed by atoms with Crippen LogP contribution in [0, 0.1) is 0 Å². The number of aliphatic hydroxyl groups is 1. The molecule has 20 heavy (non-hydrogen) atoms. The van der Waals surface area contributed by atoms with Crippen LogP contribution in [-0.2, 0) is 6.42 Å². The van der Waals surface area contributed by atoms with Crippen LogP contribution in [-0.4, -0.2) is 5.11 Å². The summed E-state index contributed by atoms with van der Waals surface area (Å²) in [7, 11) is 0. The van der Waals surface area contributed by atoms with Crippen molar-refractivity contribution in [1.29, 1.82) is 0 Å². The van der Waals surface area contributed by atoms with E-state index in [1.54, 1.807) is 18.2 Å². The summed E-state index contributed by atoms with van der Waals surface area (Å²) in [4.78, 5) is 0. The number of hydrogen-bond donors (Lipinski definition) is 1. The van der Waals surface area contributed by atoms with Gasteiger partial charge in [0, 0.05) is 16.5 Å². The molecular formula is C17H18Cl2O. The van der Waals surface area contributed by atoms with Gasteiger partial charge < -0.3 is 5.11 Å². The third-order valence-corrected chi connectivity index (χ3v) is 4.01. The highest BCUT2D eigenvalue weighted by Crippen LogP contribution is 2.27. The molecule has 1 N–H and O–H groups in total. The Bertz CT molecular complexity index is 576. The van der Waals surface area contributed by atoms with Crippen molar-refractivity contribution in [2.75, 3.05) is 0 Å². The Morgan fingerprint density at radius 1 is 0.950 bits per heavy atom. The summed E-state index contributed by atoms with van der Waals surface area (Å²) in [6.45, 7) is 4.30. The van der Waals surface area contributed by atoms with Crippen molar-refractivity contribution in [3.8, 4) is 0 Å². The van der Waals surface area contributed by atoms with Crippen molar-refractivity contribution in [3.05, 3.63) is 69.2 Å². The van der Waals surface area contributed by atoms with Crippen molar-refractivity contribution >= 4 is 23.2 Å². The smallest absolute Gasteiger partial charge is 0.0830 e. The lowest BCUT2D eigenvalue weighted by atomic mass is 9.97. The van der Waals surface area contributed by atoms with Crippen LogP contribution < -0.4 is 0 Å². The fraction of sp³-hybridized carbons (Fsp3) is 0.294. The highest BCUT2D eigenvalue weighted by Gasteiger charge is 2.12. The van der Waals surface area contributed by atoms with Gasteiger partial charge in [-0.3, -0.25) is 0 Å². The molecule has 0 bridgehead atoms. The minimum absolute atomic E-state index is 0.459. The Kier molecular flexibility index (Phi) is 5.09. The standard InChI is InChI=1S/C17H18Cl2O/c1-11(2)12-3-5-13(6-4-12)17(20)10-14-9-15(18)7-8-16(14)19/h3-9,11,17,20H,10H2,1-2H3. The van der Waals surface area contributed by atoms with Gasteiger partial charge in [-0.05, 0) is 40.8 Å². The molecule has 0 aliphatic heterocycles. The Hall–Kier alpha value is -1.02. The monoisotopic (exact) mass is 308 g/mol. The van der Waals surface area contributed by atoms with E-state index in [4.69, 9.17) is 23.2 Å². The summed E-state index contributed by atoms with van der Waals surface area (Å²) in [5.41, 5.74) is 3.02. The molecule has 0 radical (unpaired) electrons. The quantitative estimate of drug-likeness (QED) is 0.802. The minimum atomic E-state index is -0.577. The average Bonchev–Trinajstić information content (AvgIpc) is 2.43. The second-order valence-corrected chi connectivity index (χ2v) is 6.12. The van der Waals surface area contributed by atoms with Gasteiger partial charge in [0.2, 0.25) is 0 Å². The van der Waals surface area contributed by atoms with Crippen LogP contribution in [0.25, 0.3) is 0 Å². The van der Waals surface area contributed by atoms with Crippen LogP contribution >= 0.6 is 23.2 Å². The molecule has 0 saturated carbocycles. The van der Waals surface area contributed by atoms with E-state index < -0.39 is 6.10 Å². The fourth-order valence-electron chi connectivity index (χ4n) is 2.13. The number of rotatable bonds is 4. The van der Waals surface area contributed by atoms with Crippen LogP contribution in [0.2, 0.25) is 10.0 Å². The first kappa shape index (κ1) is 15.4. The predicted molar refractivity (Wildman–Crippen MR) is 85.7 cm³/mol. The van der Waals surface area contributed by atoms with Crippen LogP contribution in [0.15, 0.2) is 42.5 Å². The third-order valence-electron chi connectivity index (χ3n) is 3.41. The molecule has 2 rings (SSSR count). The SMILES string of the molecule is CC(C)c1ccc(C(O)Cc2cc(Cl)ccc2Cl)cc1. The van der Waals surface area contributed by atoms with Gasteiger partial charge in [0.15, 0.2) is 0 Å². The number of aliphatic hydroxyl groups excluding tert-OH is 1. The molecule has 2 aromatic rings. The van der Waals surface area contributed by atoms with Crippen LogP contribution in [0.4, 0.5) is 0 Å². The first-order chi connectivity index (χ1) is 9.47. The lowest BCUT2D eigenvalue weighted by molar-refractivity contribution is 0.178. The van der Waals surface area contributed by atoms with Crippen LogP contribution in [0.1, 0.15) is 42.6 Å². The summed E-state index contributed by atoms with van der Waals surface area (Å²) >= 11 is 12.1. The lowest BCUT2D eigenvalue weighted by Gasteiger charge is -2.14. The summed E-state index contributed by atoms with van der Waals surface area (Å²) < 4.78 is 0. The van der Waals surface area contributed by atoms with E-state index >= 15 is 0 Å².